The van der Waals surface area contributed by atoms with Crippen molar-refractivity contribution in [3.63, 3.8) is 0 Å². The molecule has 1 saturated heterocycles. The molecule has 0 saturated carbocycles. The van der Waals surface area contributed by atoms with E-state index in [4.69, 9.17) is 0 Å². The molecule has 1 heterocycles. The predicted molar refractivity (Wildman–Crippen MR) is 60.8 cm³/mol. The first-order chi connectivity index (χ1) is 7.20. The Balaban J connectivity index is 2.33. The highest BCUT2D eigenvalue weighted by Gasteiger charge is 2.13. The van der Waals surface area contributed by atoms with Crippen molar-refractivity contribution in [3.8, 4) is 0 Å². The summed E-state index contributed by atoms with van der Waals surface area (Å²) in [6, 6.07) is 0. The van der Waals surface area contributed by atoms with Crippen molar-refractivity contribution >= 4 is 0 Å². The molecule has 0 spiro atoms. The first-order valence-corrected chi connectivity index (χ1v) is 5.64. The number of alkyl halides is 1. The lowest BCUT2D eigenvalue weighted by Crippen LogP contribution is -2.44. The van der Waals surface area contributed by atoms with Crippen LogP contribution in [0.25, 0.3) is 0 Å². The second kappa shape index (κ2) is 7.11. The van der Waals surface area contributed by atoms with Gasteiger partial charge in [0, 0.05) is 45.8 Å². The average Bonchev–Trinajstić information content (AvgIpc) is 2.22. The number of nitrogens with one attached hydrogen (secondary N) is 2. The summed E-state index contributed by atoms with van der Waals surface area (Å²) in [4.78, 5) is 3.99. The van der Waals surface area contributed by atoms with Gasteiger partial charge < -0.3 is 15.5 Å². The lowest BCUT2D eigenvalue weighted by molar-refractivity contribution is 0.0973. The lowest BCUT2D eigenvalue weighted by atomic mass is 10.4. The summed E-state index contributed by atoms with van der Waals surface area (Å²) >= 11 is 0. The molecule has 1 fully saturated rings. The molecule has 2 N–H and O–H groups in total. The molecule has 4 nitrogen and oxygen atoms in total. The van der Waals surface area contributed by atoms with Crippen LogP contribution in [0.15, 0.2) is 0 Å². The maximum Gasteiger partial charge on any atom is 0.165 e. The van der Waals surface area contributed by atoms with Gasteiger partial charge in [0.05, 0.1) is 0 Å². The largest absolute Gasteiger partial charge is 0.314 e. The fraction of sp³-hybridized carbons (Fsp3) is 1.00. The molecule has 0 radical (unpaired) electrons. The molecular weight excluding hydrogens is 195 g/mol. The Morgan fingerprint density at radius 1 is 1.00 bits per heavy atom. The number of hydrogen-bond donors (Lipinski definition) is 2. The van der Waals surface area contributed by atoms with E-state index in [0.29, 0.717) is 6.54 Å². The third kappa shape index (κ3) is 5.41. The SMILES string of the molecule is CN1CCNCCNCC(F)N(C)CC1. The lowest BCUT2D eigenvalue weighted by Gasteiger charge is -2.26. The highest BCUT2D eigenvalue weighted by Crippen LogP contribution is 1.97. The van der Waals surface area contributed by atoms with E-state index >= 15 is 0 Å². The molecule has 0 aromatic carbocycles. The molecule has 1 aliphatic heterocycles. The molecule has 15 heavy (non-hydrogen) atoms. The molecule has 0 bridgehead atoms. The van der Waals surface area contributed by atoms with Gasteiger partial charge in [0.2, 0.25) is 0 Å². The molecule has 0 aromatic rings. The summed E-state index contributed by atoms with van der Waals surface area (Å²) in [5, 5.41) is 6.42. The summed E-state index contributed by atoms with van der Waals surface area (Å²) in [7, 11) is 3.91. The van der Waals surface area contributed by atoms with Crippen LogP contribution in [0, 0.1) is 0 Å². The molecule has 0 aliphatic carbocycles. The third-order valence-corrected chi connectivity index (χ3v) is 2.77. The zero-order valence-corrected chi connectivity index (χ0v) is 9.80. The fourth-order valence-electron chi connectivity index (χ4n) is 1.53. The van der Waals surface area contributed by atoms with Crippen LogP contribution < -0.4 is 10.6 Å². The normalized spacial score (nSPS) is 29.4. The van der Waals surface area contributed by atoms with E-state index in [9.17, 15) is 4.39 Å². The van der Waals surface area contributed by atoms with Gasteiger partial charge in [0.1, 0.15) is 0 Å². The molecule has 90 valence electrons. The van der Waals surface area contributed by atoms with Gasteiger partial charge in [-0.25, -0.2) is 4.39 Å². The highest BCUT2D eigenvalue weighted by molar-refractivity contribution is 4.66. The van der Waals surface area contributed by atoms with Gasteiger partial charge in [-0.3, -0.25) is 4.90 Å². The summed E-state index contributed by atoms with van der Waals surface area (Å²) in [6.07, 6.45) is -0.877. The van der Waals surface area contributed by atoms with Crippen LogP contribution in [0.5, 0.6) is 0 Å². The Kier molecular flexibility index (Phi) is 6.09. The molecule has 1 atom stereocenters. The van der Waals surface area contributed by atoms with Crippen LogP contribution in [0.2, 0.25) is 0 Å². The number of rotatable bonds is 0. The Bertz CT molecular complexity index is 168. The summed E-state index contributed by atoms with van der Waals surface area (Å²) in [5.74, 6) is 0. The van der Waals surface area contributed by atoms with Crippen LogP contribution >= 0.6 is 0 Å². The zero-order valence-electron chi connectivity index (χ0n) is 9.80. The smallest absolute Gasteiger partial charge is 0.165 e. The van der Waals surface area contributed by atoms with Gasteiger partial charge in [0.15, 0.2) is 6.30 Å². The van der Waals surface area contributed by atoms with E-state index < -0.39 is 6.30 Å². The monoisotopic (exact) mass is 218 g/mol. The maximum absolute atomic E-state index is 13.5. The minimum absolute atomic E-state index is 0.419. The Morgan fingerprint density at radius 3 is 2.53 bits per heavy atom. The van der Waals surface area contributed by atoms with Gasteiger partial charge in [-0.05, 0) is 14.1 Å². The Hall–Kier alpha value is -0.230. The predicted octanol–water partition coefficient (Wildman–Crippen LogP) is -0.662. The Morgan fingerprint density at radius 2 is 1.73 bits per heavy atom. The van der Waals surface area contributed by atoms with E-state index in [0.717, 1.165) is 39.3 Å². The van der Waals surface area contributed by atoms with E-state index in [2.05, 4.69) is 22.6 Å². The van der Waals surface area contributed by atoms with Crippen molar-refractivity contribution in [1.29, 1.82) is 0 Å². The third-order valence-electron chi connectivity index (χ3n) is 2.77. The highest BCUT2D eigenvalue weighted by atomic mass is 19.1. The van der Waals surface area contributed by atoms with Crippen LogP contribution in [0.3, 0.4) is 0 Å². The van der Waals surface area contributed by atoms with Crippen molar-refractivity contribution in [2.24, 2.45) is 0 Å². The number of nitrogens with zero attached hydrogens (tertiary/aromatic N) is 2. The van der Waals surface area contributed by atoms with Gasteiger partial charge in [-0.2, -0.15) is 0 Å². The quantitative estimate of drug-likeness (QED) is 0.528. The fourth-order valence-corrected chi connectivity index (χ4v) is 1.53. The van der Waals surface area contributed by atoms with Gasteiger partial charge >= 0.3 is 0 Å². The summed E-state index contributed by atoms with van der Waals surface area (Å²) < 4.78 is 13.5. The van der Waals surface area contributed by atoms with Crippen molar-refractivity contribution in [1.82, 2.24) is 20.4 Å². The van der Waals surface area contributed by atoms with Gasteiger partial charge in [-0.1, -0.05) is 0 Å². The molecule has 0 aromatic heterocycles. The minimum Gasteiger partial charge on any atom is -0.314 e. The molecule has 0 amide bonds. The number of likely N-dealkylation sites (N-methyl/N-ethyl adjacent to an activating group) is 2. The second-order valence-electron chi connectivity index (χ2n) is 4.17. The van der Waals surface area contributed by atoms with Crippen LogP contribution in [0.1, 0.15) is 0 Å². The van der Waals surface area contributed by atoms with Crippen LogP contribution in [-0.4, -0.2) is 76.0 Å². The van der Waals surface area contributed by atoms with Crippen molar-refractivity contribution in [3.05, 3.63) is 0 Å². The van der Waals surface area contributed by atoms with E-state index in [1.54, 1.807) is 4.90 Å². The van der Waals surface area contributed by atoms with Crippen molar-refractivity contribution in [2.75, 3.05) is 59.9 Å². The first kappa shape index (κ1) is 12.8. The van der Waals surface area contributed by atoms with E-state index in [1.807, 2.05) is 7.05 Å². The van der Waals surface area contributed by atoms with Crippen LogP contribution in [0.4, 0.5) is 4.39 Å². The second-order valence-corrected chi connectivity index (χ2v) is 4.17. The molecule has 1 aliphatic rings. The summed E-state index contributed by atoms with van der Waals surface area (Å²) in [5.41, 5.74) is 0. The minimum atomic E-state index is -0.877. The number of hydrogen-bond acceptors (Lipinski definition) is 4. The molecule has 1 unspecified atom stereocenters. The van der Waals surface area contributed by atoms with Crippen molar-refractivity contribution < 1.29 is 4.39 Å². The van der Waals surface area contributed by atoms with Gasteiger partial charge in [0.25, 0.3) is 0 Å². The van der Waals surface area contributed by atoms with Crippen molar-refractivity contribution in [2.45, 2.75) is 6.30 Å². The maximum atomic E-state index is 13.5. The molecular formula is C10H23FN4. The standard InChI is InChI=1S/C10H23FN4/c1-14-6-5-12-3-4-13-9-10(11)15(2)8-7-14/h10,12-13H,3-9H2,1-2H3. The summed E-state index contributed by atoms with van der Waals surface area (Å²) in [6.45, 7) is 5.87. The Labute approximate surface area is 91.8 Å². The average molecular weight is 218 g/mol. The van der Waals surface area contributed by atoms with Crippen LogP contribution in [-0.2, 0) is 0 Å². The zero-order chi connectivity index (χ0) is 11.1. The molecule has 5 heteroatoms. The molecule has 1 rings (SSSR count). The van der Waals surface area contributed by atoms with E-state index in [1.165, 1.54) is 0 Å². The number of halogens is 1. The van der Waals surface area contributed by atoms with E-state index in [-0.39, 0.29) is 0 Å². The first-order valence-electron chi connectivity index (χ1n) is 5.64. The van der Waals surface area contributed by atoms with Gasteiger partial charge in [-0.15, -0.1) is 0 Å². The topological polar surface area (TPSA) is 30.5 Å².